The van der Waals surface area contributed by atoms with Crippen LogP contribution in [0.15, 0.2) is 35.3 Å². The molecule has 0 spiro atoms. The van der Waals surface area contributed by atoms with Gasteiger partial charge in [-0.1, -0.05) is 44.2 Å². The summed E-state index contributed by atoms with van der Waals surface area (Å²) in [6.45, 7) is 8.46. The normalized spacial score (nSPS) is 24.9. The SMILES string of the molecule is COC(=O)[C@@]1(c2ccccc2)N=CN(C(C)C)[C@@H]1C(C)C. The van der Waals surface area contributed by atoms with E-state index >= 15 is 0 Å². The van der Waals surface area contributed by atoms with Gasteiger partial charge in [-0.2, -0.15) is 0 Å². The minimum Gasteiger partial charge on any atom is -0.467 e. The van der Waals surface area contributed by atoms with E-state index < -0.39 is 5.54 Å². The van der Waals surface area contributed by atoms with Gasteiger partial charge in [-0.05, 0) is 25.3 Å². The van der Waals surface area contributed by atoms with Crippen molar-refractivity contribution in [1.82, 2.24) is 4.90 Å². The van der Waals surface area contributed by atoms with Gasteiger partial charge in [-0.3, -0.25) is 4.99 Å². The van der Waals surface area contributed by atoms with Crippen LogP contribution in [0.3, 0.4) is 0 Å². The fourth-order valence-corrected chi connectivity index (χ4v) is 3.19. The van der Waals surface area contributed by atoms with Crippen molar-refractivity contribution in [2.24, 2.45) is 10.9 Å². The van der Waals surface area contributed by atoms with Crippen LogP contribution in [0.4, 0.5) is 0 Å². The molecular formula is C17H24N2O2. The van der Waals surface area contributed by atoms with Crippen LogP contribution in [0, 0.1) is 5.92 Å². The Morgan fingerprint density at radius 3 is 2.33 bits per heavy atom. The quantitative estimate of drug-likeness (QED) is 0.800. The zero-order valence-corrected chi connectivity index (χ0v) is 13.4. The van der Waals surface area contributed by atoms with Gasteiger partial charge >= 0.3 is 5.97 Å². The van der Waals surface area contributed by atoms with E-state index in [1.165, 1.54) is 7.11 Å². The van der Waals surface area contributed by atoms with E-state index in [0.717, 1.165) is 5.56 Å². The second kappa shape index (κ2) is 5.88. The lowest BCUT2D eigenvalue weighted by molar-refractivity contribution is -0.149. The number of nitrogens with zero attached hydrogens (tertiary/aromatic N) is 2. The molecule has 21 heavy (non-hydrogen) atoms. The van der Waals surface area contributed by atoms with Crippen molar-refractivity contribution in [2.45, 2.75) is 45.3 Å². The molecular weight excluding hydrogens is 264 g/mol. The van der Waals surface area contributed by atoms with Gasteiger partial charge in [0.1, 0.15) is 0 Å². The molecule has 0 radical (unpaired) electrons. The molecule has 0 aromatic heterocycles. The van der Waals surface area contributed by atoms with Crippen molar-refractivity contribution >= 4 is 12.3 Å². The molecule has 0 fully saturated rings. The summed E-state index contributed by atoms with van der Waals surface area (Å²) in [5, 5.41) is 0. The molecule has 0 amide bonds. The summed E-state index contributed by atoms with van der Waals surface area (Å²) in [6.07, 6.45) is 1.80. The molecule has 0 bridgehead atoms. The predicted octanol–water partition coefficient (Wildman–Crippen LogP) is 2.83. The van der Waals surface area contributed by atoms with Crippen molar-refractivity contribution in [3.05, 3.63) is 35.9 Å². The van der Waals surface area contributed by atoms with Crippen LogP contribution >= 0.6 is 0 Å². The lowest BCUT2D eigenvalue weighted by Crippen LogP contribution is -2.53. The number of benzene rings is 1. The first-order valence-electron chi connectivity index (χ1n) is 7.41. The van der Waals surface area contributed by atoms with Crippen molar-refractivity contribution in [3.8, 4) is 0 Å². The lowest BCUT2D eigenvalue weighted by Gasteiger charge is -2.39. The third-order valence-corrected chi connectivity index (χ3v) is 4.08. The van der Waals surface area contributed by atoms with Crippen molar-refractivity contribution in [2.75, 3.05) is 7.11 Å². The maximum absolute atomic E-state index is 12.7. The molecule has 2 atom stereocenters. The van der Waals surface area contributed by atoms with E-state index in [4.69, 9.17) is 4.74 Å². The molecule has 2 rings (SSSR count). The van der Waals surface area contributed by atoms with Crippen LogP contribution in [0.2, 0.25) is 0 Å². The number of hydrogen-bond acceptors (Lipinski definition) is 4. The Morgan fingerprint density at radius 1 is 1.24 bits per heavy atom. The third-order valence-electron chi connectivity index (χ3n) is 4.08. The summed E-state index contributed by atoms with van der Waals surface area (Å²) < 4.78 is 5.12. The molecule has 0 saturated carbocycles. The number of esters is 1. The second-order valence-electron chi connectivity index (χ2n) is 6.10. The van der Waals surface area contributed by atoms with Crippen molar-refractivity contribution < 1.29 is 9.53 Å². The Kier molecular flexibility index (Phi) is 4.35. The molecule has 114 valence electrons. The highest BCUT2D eigenvalue weighted by molar-refractivity contribution is 5.88. The first-order valence-corrected chi connectivity index (χ1v) is 7.41. The fraction of sp³-hybridized carbons (Fsp3) is 0.529. The van der Waals surface area contributed by atoms with Gasteiger partial charge in [0.15, 0.2) is 0 Å². The zero-order valence-electron chi connectivity index (χ0n) is 13.4. The number of carbonyl (C=O) groups excluding carboxylic acids is 1. The highest BCUT2D eigenvalue weighted by atomic mass is 16.5. The highest BCUT2D eigenvalue weighted by Crippen LogP contribution is 2.41. The number of carbonyl (C=O) groups is 1. The highest BCUT2D eigenvalue weighted by Gasteiger charge is 2.55. The molecule has 0 unspecified atom stereocenters. The monoisotopic (exact) mass is 288 g/mol. The topological polar surface area (TPSA) is 41.9 Å². The lowest BCUT2D eigenvalue weighted by atomic mass is 9.78. The van der Waals surface area contributed by atoms with Gasteiger partial charge < -0.3 is 9.64 Å². The summed E-state index contributed by atoms with van der Waals surface area (Å²) in [7, 11) is 1.43. The molecule has 1 aromatic rings. The number of ether oxygens (including phenoxy) is 1. The van der Waals surface area contributed by atoms with Crippen LogP contribution in [0.5, 0.6) is 0 Å². The third kappa shape index (κ3) is 2.43. The minimum atomic E-state index is -0.978. The van der Waals surface area contributed by atoms with Crippen LogP contribution < -0.4 is 0 Å². The maximum atomic E-state index is 12.7. The molecule has 0 N–H and O–H groups in total. The standard InChI is InChI=1S/C17H24N2O2/c1-12(2)15-17(16(20)21-5,14-9-7-6-8-10-14)18-11-19(15)13(3)4/h6-13,15H,1-5H3/t15-,17+/m1/s1. The van der Waals surface area contributed by atoms with Gasteiger partial charge in [0.25, 0.3) is 0 Å². The number of methoxy groups -OCH3 is 1. The molecule has 0 saturated heterocycles. The number of hydrogen-bond donors (Lipinski definition) is 0. The molecule has 1 aromatic carbocycles. The molecule has 4 nitrogen and oxygen atoms in total. The van der Waals surface area contributed by atoms with Crippen LogP contribution in [0.25, 0.3) is 0 Å². The van der Waals surface area contributed by atoms with Crippen LogP contribution in [-0.4, -0.2) is 36.4 Å². The van der Waals surface area contributed by atoms with Gasteiger partial charge in [0.05, 0.1) is 19.5 Å². The number of aliphatic imine (C=N–C) groups is 1. The average Bonchev–Trinajstić information content (AvgIpc) is 2.89. The van der Waals surface area contributed by atoms with Crippen molar-refractivity contribution in [1.29, 1.82) is 0 Å². The molecule has 1 heterocycles. The van der Waals surface area contributed by atoms with Crippen LogP contribution in [-0.2, 0) is 15.1 Å². The minimum absolute atomic E-state index is 0.0488. The Hall–Kier alpha value is -1.84. The Morgan fingerprint density at radius 2 is 1.86 bits per heavy atom. The summed E-state index contributed by atoms with van der Waals surface area (Å²) in [5.74, 6) is -0.0407. The first kappa shape index (κ1) is 15.5. The van der Waals surface area contributed by atoms with Gasteiger partial charge in [0, 0.05) is 6.04 Å². The van der Waals surface area contributed by atoms with Crippen molar-refractivity contribution in [3.63, 3.8) is 0 Å². The summed E-state index contributed by atoms with van der Waals surface area (Å²) in [5.41, 5.74) is -0.0935. The Bertz CT molecular complexity index is 525. The first-order chi connectivity index (χ1) is 9.95. The van der Waals surface area contributed by atoms with E-state index in [-0.39, 0.29) is 24.0 Å². The molecule has 0 aliphatic carbocycles. The molecule has 1 aliphatic rings. The van der Waals surface area contributed by atoms with E-state index in [2.05, 4.69) is 37.6 Å². The smallest absolute Gasteiger partial charge is 0.340 e. The number of rotatable bonds is 4. The second-order valence-corrected chi connectivity index (χ2v) is 6.10. The van der Waals surface area contributed by atoms with Gasteiger partial charge in [0.2, 0.25) is 5.54 Å². The molecule has 1 aliphatic heterocycles. The summed E-state index contributed by atoms with van der Waals surface area (Å²) in [6, 6.07) is 9.94. The Labute approximate surface area is 126 Å². The molecule has 4 heteroatoms. The van der Waals surface area contributed by atoms with E-state index in [0.29, 0.717) is 0 Å². The summed E-state index contributed by atoms with van der Waals surface area (Å²) >= 11 is 0. The zero-order chi connectivity index (χ0) is 15.6. The van der Waals surface area contributed by atoms with E-state index in [9.17, 15) is 4.79 Å². The average molecular weight is 288 g/mol. The fourth-order valence-electron chi connectivity index (χ4n) is 3.19. The van der Waals surface area contributed by atoms with Gasteiger partial charge in [-0.25, -0.2) is 4.79 Å². The van der Waals surface area contributed by atoms with Gasteiger partial charge in [-0.15, -0.1) is 0 Å². The Balaban J connectivity index is 2.60. The van der Waals surface area contributed by atoms with E-state index in [1.54, 1.807) is 6.34 Å². The largest absolute Gasteiger partial charge is 0.467 e. The maximum Gasteiger partial charge on any atom is 0.340 e. The van der Waals surface area contributed by atoms with E-state index in [1.807, 2.05) is 30.3 Å². The summed E-state index contributed by atoms with van der Waals surface area (Å²) in [4.78, 5) is 19.5. The predicted molar refractivity (Wildman–Crippen MR) is 84.2 cm³/mol. The van der Waals surface area contributed by atoms with Crippen LogP contribution in [0.1, 0.15) is 33.3 Å².